The second kappa shape index (κ2) is 24.6. The smallest absolute Gasteiger partial charge is 0.350 e. The first-order valence-electron chi connectivity index (χ1n) is 22.7. The summed E-state index contributed by atoms with van der Waals surface area (Å²) >= 11 is 0. The molecule has 2 bridgehead atoms. The molecule has 1 aliphatic heterocycles. The molecule has 67 heavy (non-hydrogen) atoms. The van der Waals surface area contributed by atoms with Crippen molar-refractivity contribution < 1.29 is 156 Å². The van der Waals surface area contributed by atoms with E-state index in [2.05, 4.69) is 10.6 Å². The van der Waals surface area contributed by atoms with Crippen molar-refractivity contribution in [3.63, 3.8) is 0 Å². The van der Waals surface area contributed by atoms with E-state index in [0.717, 1.165) is 6.42 Å². The molecule has 11 atom stereocenters. The van der Waals surface area contributed by atoms with E-state index in [9.17, 15) is 44.4 Å². The molecular formula is C49H66Ac2N2O14. The summed E-state index contributed by atoms with van der Waals surface area (Å²) < 4.78 is 28.7. The number of esters is 2. The van der Waals surface area contributed by atoms with Gasteiger partial charge in [0.2, 0.25) is 12.0 Å². The van der Waals surface area contributed by atoms with Gasteiger partial charge in [0.15, 0.2) is 5.78 Å². The molecule has 16 nitrogen and oxygen atoms in total. The number of carbonyl (C=O) groups excluding carboxylic acids is 5. The van der Waals surface area contributed by atoms with Gasteiger partial charge in [0.05, 0.1) is 49.7 Å². The molecule has 6 N–H and O–H groups in total. The molecule has 2 aromatic rings. The van der Waals surface area contributed by atoms with Crippen molar-refractivity contribution in [3.05, 3.63) is 82.9 Å². The molecule has 1 heterocycles. The van der Waals surface area contributed by atoms with E-state index in [1.807, 2.05) is 6.92 Å². The fourth-order valence-corrected chi connectivity index (χ4v) is 10.8. The number of ether oxygens (including phenoxy) is 5. The molecule has 3 aliphatic carbocycles. The van der Waals surface area contributed by atoms with Crippen molar-refractivity contribution in [1.29, 1.82) is 0 Å². The predicted octanol–water partition coefficient (Wildman–Crippen LogP) is 3.29. The standard InChI is InChI=1S/C49H66N2O14.2Ac/c1-7-22-61-24-25-62-23-21-50-36(53)19-14-20-37(54)65-41(39(31-15-10-8-11-16-31)51-44(57)32-17-12-9-13-18-32)45(58)64-33-27-49(60)30(3)42-47(6,34(52)26-35-48(42,59)28-63-35)43(56)40(55)38(29(33)2)46(49,4)5;;/h8-13,15-18,30,33-35,39-42,52,55,59-60H,7,14,19-28H2,1-6H3,(H,50,53)(H,51,57);;/t30?,33?,34?,35?,39?,40?,41?,42?,47-,48?,49?;;/m1../s1. The minimum atomic E-state index is -1.88. The minimum Gasteiger partial charge on any atom is -0.455 e. The van der Waals surface area contributed by atoms with Crippen LogP contribution in [0.4, 0.5) is 0 Å². The van der Waals surface area contributed by atoms with Gasteiger partial charge >= 0.3 is 11.9 Å². The molecular weight excluding hydrogens is 1290 g/mol. The molecule has 10 unspecified atom stereocenters. The van der Waals surface area contributed by atoms with Crippen LogP contribution in [-0.2, 0) is 42.9 Å². The number of hydrogen-bond donors (Lipinski definition) is 6. The maximum Gasteiger partial charge on any atom is 0.350 e. The number of fused-ring (bicyclic) bond motifs is 5. The van der Waals surface area contributed by atoms with Crippen molar-refractivity contribution in [3.8, 4) is 0 Å². The molecule has 6 rings (SSSR count). The molecule has 1 saturated heterocycles. The zero-order valence-electron chi connectivity index (χ0n) is 39.4. The molecule has 0 spiro atoms. The molecule has 2 aromatic carbocycles. The van der Waals surface area contributed by atoms with E-state index in [1.54, 1.807) is 88.4 Å². The summed E-state index contributed by atoms with van der Waals surface area (Å²) in [4.78, 5) is 69.5. The Kier molecular flexibility index (Phi) is 21.3. The topological polar surface area (TPSA) is 236 Å². The Morgan fingerprint density at radius 1 is 0.896 bits per heavy atom. The van der Waals surface area contributed by atoms with Crippen molar-refractivity contribution >= 4 is 29.5 Å². The van der Waals surface area contributed by atoms with Gasteiger partial charge < -0.3 is 54.7 Å². The second-order valence-corrected chi connectivity index (χ2v) is 18.7. The van der Waals surface area contributed by atoms with Gasteiger partial charge in [-0.2, -0.15) is 0 Å². The number of nitrogens with one attached hydrogen (secondary N) is 2. The summed E-state index contributed by atoms with van der Waals surface area (Å²) in [6.45, 7) is 12.1. The van der Waals surface area contributed by atoms with Crippen LogP contribution < -0.4 is 10.6 Å². The Balaban J connectivity index is 0.00000490. The number of Topliss-reactive ketones (excluding diaryl/α,β-unsaturated/α-hetero) is 1. The Morgan fingerprint density at radius 2 is 1.52 bits per heavy atom. The molecule has 2 saturated carbocycles. The Labute approximate surface area is 464 Å². The summed E-state index contributed by atoms with van der Waals surface area (Å²) in [6.07, 6.45) is -6.76. The fourth-order valence-electron chi connectivity index (χ4n) is 10.8. The zero-order chi connectivity index (χ0) is 47.3. The third-order valence-electron chi connectivity index (χ3n) is 14.5. The van der Waals surface area contributed by atoms with E-state index in [0.29, 0.717) is 25.4 Å². The van der Waals surface area contributed by atoms with E-state index >= 15 is 0 Å². The van der Waals surface area contributed by atoms with Crippen LogP contribution in [0.25, 0.3) is 0 Å². The molecule has 0 aromatic heterocycles. The summed E-state index contributed by atoms with van der Waals surface area (Å²) in [5.74, 6) is -5.63. The average molecular weight is 1360 g/mol. The summed E-state index contributed by atoms with van der Waals surface area (Å²) in [6, 6.07) is 15.3. The number of ketones is 1. The van der Waals surface area contributed by atoms with Crippen LogP contribution in [-0.4, -0.2) is 131 Å². The van der Waals surface area contributed by atoms with Crippen LogP contribution in [0.1, 0.15) is 102 Å². The molecule has 362 valence electrons. The first kappa shape index (κ1) is 57.9. The summed E-state index contributed by atoms with van der Waals surface area (Å²) in [5.41, 5.74) is -5.50. The SMILES string of the molecule is CCCOCCOCCNC(=O)CCCC(=O)OC(C(=O)OC1CC2(O)C(C)C3C4(O)COC4CC(O)[C@@]3(C)C(=O)C(O)C(=C1C)C2(C)C)C(NC(=O)c1ccccc1)c1ccccc1.[Ac].[Ac]. The van der Waals surface area contributed by atoms with Crippen LogP contribution in [0.2, 0.25) is 0 Å². The third-order valence-corrected chi connectivity index (χ3v) is 14.5. The number of carbonyl (C=O) groups is 5. The third kappa shape index (κ3) is 12.0. The normalized spacial score (nSPS) is 30.2. The van der Waals surface area contributed by atoms with Crippen LogP contribution in [0.15, 0.2) is 71.8 Å². The van der Waals surface area contributed by atoms with E-state index in [1.165, 1.54) is 6.92 Å². The van der Waals surface area contributed by atoms with E-state index in [4.69, 9.17) is 23.7 Å². The Bertz CT molecular complexity index is 2080. The van der Waals surface area contributed by atoms with Gasteiger partial charge in [0.1, 0.15) is 23.9 Å². The zero-order valence-corrected chi connectivity index (χ0v) is 48.9. The maximum atomic E-state index is 14.8. The fraction of sp³-hybridized carbons (Fsp3) is 0.612. The van der Waals surface area contributed by atoms with E-state index in [-0.39, 0.29) is 163 Å². The van der Waals surface area contributed by atoms with Gasteiger partial charge in [0, 0.05) is 144 Å². The van der Waals surface area contributed by atoms with Gasteiger partial charge in [-0.15, -0.1) is 0 Å². The monoisotopic (exact) mass is 1360 g/mol. The molecule has 3 fully saturated rings. The van der Waals surface area contributed by atoms with E-state index < -0.39 is 94.1 Å². The predicted molar refractivity (Wildman–Crippen MR) is 235 cm³/mol. The maximum absolute atomic E-state index is 14.8. The van der Waals surface area contributed by atoms with Crippen molar-refractivity contribution in [2.75, 3.05) is 39.6 Å². The summed E-state index contributed by atoms with van der Waals surface area (Å²) in [7, 11) is 0. The number of aliphatic hydroxyl groups excluding tert-OH is 2. The number of rotatable bonds is 19. The van der Waals surface area contributed by atoms with Crippen molar-refractivity contribution in [1.82, 2.24) is 10.6 Å². The number of benzene rings is 2. The first-order chi connectivity index (χ1) is 30.8. The van der Waals surface area contributed by atoms with Crippen LogP contribution in [0, 0.1) is 111 Å². The quantitative estimate of drug-likeness (QED) is 0.0674. The molecule has 18 heteroatoms. The Hall–Kier alpha value is -1.67. The van der Waals surface area contributed by atoms with Crippen LogP contribution in [0.5, 0.6) is 0 Å². The van der Waals surface area contributed by atoms with Gasteiger partial charge in [-0.05, 0) is 61.4 Å². The molecule has 2 radical (unpaired) electrons. The molecule has 2 amide bonds. The van der Waals surface area contributed by atoms with Gasteiger partial charge in [-0.3, -0.25) is 19.2 Å². The van der Waals surface area contributed by atoms with Crippen LogP contribution >= 0.6 is 0 Å². The van der Waals surface area contributed by atoms with Gasteiger partial charge in [0.25, 0.3) is 5.91 Å². The van der Waals surface area contributed by atoms with Crippen LogP contribution in [0.3, 0.4) is 0 Å². The number of aliphatic hydroxyl groups is 4. The Morgan fingerprint density at radius 3 is 2.13 bits per heavy atom. The van der Waals surface area contributed by atoms with Gasteiger partial charge in [-0.25, -0.2) is 4.79 Å². The summed E-state index contributed by atoms with van der Waals surface area (Å²) in [5, 5.41) is 54.4. The van der Waals surface area contributed by atoms with Crippen molar-refractivity contribution in [2.24, 2.45) is 22.7 Å². The average Bonchev–Trinajstić information content (AvgIpc) is 3.28. The largest absolute Gasteiger partial charge is 0.455 e. The number of hydrogen-bond acceptors (Lipinski definition) is 14. The van der Waals surface area contributed by atoms with Crippen molar-refractivity contribution in [2.45, 2.75) is 128 Å². The number of amides is 2. The first-order valence-corrected chi connectivity index (χ1v) is 22.7. The second-order valence-electron chi connectivity index (χ2n) is 18.7. The van der Waals surface area contributed by atoms with Gasteiger partial charge in [-0.1, -0.05) is 76.2 Å². The minimum absolute atomic E-state index is 0. The molecule has 4 aliphatic rings.